The first kappa shape index (κ1) is 30.5. The highest BCUT2D eigenvalue weighted by Gasteiger charge is 2.87. The number of ether oxygens (including phenoxy) is 4. The molecule has 11 atom stereocenters. The molecule has 5 fully saturated rings. The molecule has 8 heteroatoms. The Hall–Kier alpha value is -1.78. The molecule has 4 heterocycles. The molecule has 45 heavy (non-hydrogen) atoms. The molecule has 4 N–H and O–H groups in total. The van der Waals surface area contributed by atoms with Crippen LogP contribution in [0.5, 0.6) is 0 Å². The number of rotatable bonds is 4. The summed E-state index contributed by atoms with van der Waals surface area (Å²) >= 11 is 0. The van der Waals surface area contributed by atoms with E-state index < -0.39 is 40.2 Å². The number of hydrogen-bond donors (Lipinski definition) is 4. The molecule has 0 bridgehead atoms. The highest BCUT2D eigenvalue weighted by atomic mass is 16.8. The fraction of sp³-hybridized carbons (Fsp3) is 0.730. The van der Waals surface area contributed by atoms with Crippen molar-refractivity contribution in [2.24, 2.45) is 11.3 Å². The minimum absolute atomic E-state index is 0.221. The fourth-order valence-electron chi connectivity index (χ4n) is 10.7. The highest BCUT2D eigenvalue weighted by molar-refractivity contribution is 5.87. The second-order valence-corrected chi connectivity index (χ2v) is 16.9. The van der Waals surface area contributed by atoms with Gasteiger partial charge in [0.1, 0.15) is 23.9 Å². The van der Waals surface area contributed by atoms with E-state index in [2.05, 4.69) is 50.9 Å². The van der Waals surface area contributed by atoms with Gasteiger partial charge in [0.15, 0.2) is 11.9 Å². The number of aromatic amines is 1. The Morgan fingerprint density at radius 2 is 1.82 bits per heavy atom. The van der Waals surface area contributed by atoms with Crippen LogP contribution in [0.1, 0.15) is 97.9 Å². The van der Waals surface area contributed by atoms with Gasteiger partial charge < -0.3 is 39.3 Å². The van der Waals surface area contributed by atoms with Gasteiger partial charge in [0.25, 0.3) is 0 Å². The minimum atomic E-state index is -1.17. The molecular formula is C37H51NO7. The van der Waals surface area contributed by atoms with Gasteiger partial charge in [0, 0.05) is 33.8 Å². The van der Waals surface area contributed by atoms with Crippen LogP contribution in [-0.4, -0.2) is 79.5 Å². The molecule has 1 aromatic heterocycles. The quantitative estimate of drug-likeness (QED) is 0.281. The lowest BCUT2D eigenvalue weighted by molar-refractivity contribution is -0.343. The van der Waals surface area contributed by atoms with E-state index in [1.165, 1.54) is 16.6 Å². The third-order valence-electron chi connectivity index (χ3n) is 13.4. The van der Waals surface area contributed by atoms with Gasteiger partial charge >= 0.3 is 0 Å². The first-order valence-electron chi connectivity index (χ1n) is 17.0. The summed E-state index contributed by atoms with van der Waals surface area (Å²) in [6.45, 7) is 16.2. The molecular weight excluding hydrogens is 570 g/mol. The van der Waals surface area contributed by atoms with Crippen LogP contribution >= 0.6 is 0 Å². The number of allylic oxidation sites excluding steroid dienone is 1. The van der Waals surface area contributed by atoms with Crippen molar-refractivity contribution in [2.45, 2.75) is 159 Å². The van der Waals surface area contributed by atoms with Crippen molar-refractivity contribution in [1.82, 2.24) is 4.98 Å². The number of epoxide rings is 1. The van der Waals surface area contributed by atoms with Crippen molar-refractivity contribution in [2.75, 3.05) is 0 Å². The zero-order valence-corrected chi connectivity index (χ0v) is 28.1. The van der Waals surface area contributed by atoms with E-state index in [9.17, 15) is 15.3 Å². The lowest BCUT2D eigenvalue weighted by Crippen LogP contribution is -2.77. The molecule has 3 aliphatic heterocycles. The van der Waals surface area contributed by atoms with Crippen LogP contribution in [0.15, 0.2) is 29.8 Å². The summed E-state index contributed by atoms with van der Waals surface area (Å²) in [5.41, 5.74) is 1.35. The second kappa shape index (κ2) is 9.22. The second-order valence-electron chi connectivity index (χ2n) is 16.9. The summed E-state index contributed by atoms with van der Waals surface area (Å²) < 4.78 is 26.6. The average Bonchev–Trinajstić information content (AvgIpc) is 3.52. The van der Waals surface area contributed by atoms with E-state index in [0.29, 0.717) is 18.8 Å². The van der Waals surface area contributed by atoms with Gasteiger partial charge in [0.05, 0.1) is 23.4 Å². The number of benzene rings is 1. The molecule has 1 spiro atoms. The summed E-state index contributed by atoms with van der Waals surface area (Å²) in [6, 6.07) is 6.37. The Kier molecular flexibility index (Phi) is 6.26. The topological polar surface area (TPSA) is 117 Å². The van der Waals surface area contributed by atoms with Crippen molar-refractivity contribution in [3.63, 3.8) is 0 Å². The molecule has 0 unspecified atom stereocenters. The summed E-state index contributed by atoms with van der Waals surface area (Å²) in [7, 11) is 0. The SMILES string of the molecule is CC(C)=C[C@H]1O[C@H]2[C@H]3O[C@@]34[C@H](CC[C@@]3(C)[C@@]4(O)CC[C@H]4Cc5c([nH]c6cc(C[C@H](O)C(C)(C)O)ccc56)[C@@]43C)O[C@@H]2C(C)(C)O1. The molecule has 6 aliphatic rings. The number of H-pyrrole nitrogens is 1. The smallest absolute Gasteiger partial charge is 0.178 e. The van der Waals surface area contributed by atoms with E-state index >= 15 is 0 Å². The Morgan fingerprint density at radius 1 is 1.07 bits per heavy atom. The maximum atomic E-state index is 13.2. The van der Waals surface area contributed by atoms with Crippen molar-refractivity contribution in [3.05, 3.63) is 46.7 Å². The number of aromatic nitrogens is 1. The van der Waals surface area contributed by atoms with Crippen LogP contribution in [-0.2, 0) is 37.2 Å². The molecule has 0 amide bonds. The lowest BCUT2D eigenvalue weighted by Gasteiger charge is -2.66. The highest BCUT2D eigenvalue weighted by Crippen LogP contribution is 2.75. The van der Waals surface area contributed by atoms with Crippen molar-refractivity contribution in [1.29, 1.82) is 0 Å². The predicted octanol–water partition coefficient (Wildman–Crippen LogP) is 4.99. The van der Waals surface area contributed by atoms with Crippen LogP contribution in [0.2, 0.25) is 0 Å². The largest absolute Gasteiger partial charge is 0.390 e. The Labute approximate surface area is 266 Å². The molecule has 8 nitrogen and oxygen atoms in total. The molecule has 2 aromatic rings. The minimum Gasteiger partial charge on any atom is -0.390 e. The molecule has 0 radical (unpaired) electrons. The van der Waals surface area contributed by atoms with Crippen LogP contribution in [0.3, 0.4) is 0 Å². The van der Waals surface area contributed by atoms with Crippen molar-refractivity contribution < 1.29 is 34.3 Å². The van der Waals surface area contributed by atoms with Gasteiger partial charge in [-0.3, -0.25) is 0 Å². The summed E-state index contributed by atoms with van der Waals surface area (Å²) in [6.07, 6.45) is 4.18. The fourth-order valence-corrected chi connectivity index (χ4v) is 10.7. The maximum absolute atomic E-state index is 13.2. The monoisotopic (exact) mass is 621 g/mol. The van der Waals surface area contributed by atoms with Crippen molar-refractivity contribution in [3.8, 4) is 0 Å². The van der Waals surface area contributed by atoms with Crippen LogP contribution in [0.25, 0.3) is 10.9 Å². The number of fused-ring (bicyclic) bond motifs is 9. The van der Waals surface area contributed by atoms with E-state index in [-0.39, 0.29) is 29.8 Å². The Morgan fingerprint density at radius 3 is 2.53 bits per heavy atom. The van der Waals surface area contributed by atoms with E-state index in [0.717, 1.165) is 42.3 Å². The molecule has 3 aliphatic carbocycles. The van der Waals surface area contributed by atoms with Crippen molar-refractivity contribution >= 4 is 10.9 Å². The van der Waals surface area contributed by atoms with Gasteiger partial charge in [-0.05, 0) is 103 Å². The maximum Gasteiger partial charge on any atom is 0.178 e. The molecule has 2 saturated carbocycles. The summed E-state index contributed by atoms with van der Waals surface area (Å²) in [5, 5.41) is 35.3. The first-order chi connectivity index (χ1) is 21.0. The van der Waals surface area contributed by atoms with Crippen LogP contribution in [0.4, 0.5) is 0 Å². The number of hydrogen-bond acceptors (Lipinski definition) is 7. The predicted molar refractivity (Wildman–Crippen MR) is 170 cm³/mol. The molecule has 3 saturated heterocycles. The third kappa shape index (κ3) is 3.79. The van der Waals surface area contributed by atoms with E-state index in [1.54, 1.807) is 13.8 Å². The van der Waals surface area contributed by atoms with Gasteiger partial charge in [-0.15, -0.1) is 0 Å². The molecule has 1 aromatic carbocycles. The van der Waals surface area contributed by atoms with Gasteiger partial charge in [0.2, 0.25) is 0 Å². The van der Waals surface area contributed by atoms with E-state index in [4.69, 9.17) is 18.9 Å². The first-order valence-corrected chi connectivity index (χ1v) is 17.0. The number of nitrogens with one attached hydrogen (secondary N) is 1. The number of aliphatic hydroxyl groups is 3. The Bertz CT molecular complexity index is 1580. The van der Waals surface area contributed by atoms with Crippen LogP contribution in [0, 0.1) is 11.3 Å². The molecule has 8 rings (SSSR count). The molecule has 246 valence electrons. The normalized spacial score (nSPS) is 45.0. The third-order valence-corrected chi connectivity index (χ3v) is 13.4. The lowest BCUT2D eigenvalue weighted by atomic mass is 9.40. The zero-order chi connectivity index (χ0) is 32.1. The number of aliphatic hydroxyl groups excluding tert-OH is 1. The van der Waals surface area contributed by atoms with E-state index in [1.807, 2.05) is 19.9 Å². The summed E-state index contributed by atoms with van der Waals surface area (Å²) in [5.74, 6) is 0.410. The Balaban J connectivity index is 1.16. The van der Waals surface area contributed by atoms with Gasteiger partial charge in [-0.2, -0.15) is 0 Å². The van der Waals surface area contributed by atoms with Crippen LogP contribution < -0.4 is 0 Å². The average molecular weight is 622 g/mol. The standard InChI is InChI=1S/C37H51NO7/c1-19(2)15-27-43-28-30(33(5,6)44-27)42-26-12-13-34(7)35(8)21(11-14-36(34,41)37(26)31(28)45-37)18-23-22-10-9-20(16-24(22)38-29(23)35)17-25(39)32(3,4)40/h9-10,15-16,21,25-28,30-31,38-41H,11-14,17-18H2,1-8H3/t21-,25-,26-,27-,28+,30-,31+,34+,35+,36-,37-/m0/s1. The van der Waals surface area contributed by atoms with Gasteiger partial charge in [-0.25, -0.2) is 0 Å². The summed E-state index contributed by atoms with van der Waals surface area (Å²) in [4.78, 5) is 3.85. The van der Waals surface area contributed by atoms with Gasteiger partial charge in [-0.1, -0.05) is 31.6 Å². The zero-order valence-electron chi connectivity index (χ0n) is 28.1.